The molecular weight excluding hydrogens is 384 g/mol. The SMILES string of the molecule is COc1cc(OC)c2cc(C(=O)NC(C)c3cccc(OC(C)C)c3)[nH]c2c1OC. The van der Waals surface area contributed by atoms with Gasteiger partial charge in [-0.05, 0) is 44.5 Å². The highest BCUT2D eigenvalue weighted by atomic mass is 16.5. The summed E-state index contributed by atoms with van der Waals surface area (Å²) in [4.78, 5) is 16.1. The molecule has 0 aliphatic rings. The Labute approximate surface area is 176 Å². The van der Waals surface area contributed by atoms with E-state index in [1.807, 2.05) is 45.0 Å². The molecule has 0 saturated heterocycles. The molecule has 0 saturated carbocycles. The maximum atomic E-state index is 12.9. The Morgan fingerprint density at radius 1 is 0.967 bits per heavy atom. The van der Waals surface area contributed by atoms with Crippen LogP contribution in [0.5, 0.6) is 23.0 Å². The molecule has 160 valence electrons. The van der Waals surface area contributed by atoms with Gasteiger partial charge in [0.2, 0.25) is 0 Å². The summed E-state index contributed by atoms with van der Waals surface area (Å²) in [6, 6.07) is 11.0. The average Bonchev–Trinajstić information content (AvgIpc) is 3.17. The number of hydrogen-bond acceptors (Lipinski definition) is 5. The summed E-state index contributed by atoms with van der Waals surface area (Å²) in [5.74, 6) is 2.15. The molecule has 0 aliphatic heterocycles. The number of ether oxygens (including phenoxy) is 4. The fourth-order valence-corrected chi connectivity index (χ4v) is 3.35. The minimum absolute atomic E-state index is 0.0819. The topological polar surface area (TPSA) is 81.8 Å². The summed E-state index contributed by atoms with van der Waals surface area (Å²) in [6.45, 7) is 5.88. The minimum atomic E-state index is -0.239. The molecule has 0 radical (unpaired) electrons. The van der Waals surface area contributed by atoms with Gasteiger partial charge in [-0.3, -0.25) is 4.79 Å². The van der Waals surface area contributed by atoms with Gasteiger partial charge in [0.25, 0.3) is 5.91 Å². The van der Waals surface area contributed by atoms with Crippen molar-refractivity contribution in [3.63, 3.8) is 0 Å². The predicted octanol–water partition coefficient (Wildman–Crippen LogP) is 4.47. The van der Waals surface area contributed by atoms with Gasteiger partial charge < -0.3 is 29.2 Å². The molecule has 1 unspecified atom stereocenters. The van der Waals surface area contributed by atoms with Crippen molar-refractivity contribution in [3.05, 3.63) is 47.7 Å². The van der Waals surface area contributed by atoms with Crippen LogP contribution in [0.3, 0.4) is 0 Å². The Kier molecular flexibility index (Phi) is 6.40. The van der Waals surface area contributed by atoms with Crippen LogP contribution >= 0.6 is 0 Å². The van der Waals surface area contributed by atoms with E-state index in [1.54, 1.807) is 33.5 Å². The Morgan fingerprint density at radius 2 is 1.70 bits per heavy atom. The van der Waals surface area contributed by atoms with Gasteiger partial charge in [-0.2, -0.15) is 0 Å². The lowest BCUT2D eigenvalue weighted by Crippen LogP contribution is -2.26. The summed E-state index contributed by atoms with van der Waals surface area (Å²) >= 11 is 0. The molecule has 0 bridgehead atoms. The van der Waals surface area contributed by atoms with Crippen LogP contribution in [0.1, 0.15) is 42.9 Å². The zero-order chi connectivity index (χ0) is 21.8. The number of carbonyl (C=O) groups is 1. The normalized spacial score (nSPS) is 12.0. The fraction of sp³-hybridized carbons (Fsp3) is 0.348. The Bertz CT molecular complexity index is 1040. The monoisotopic (exact) mass is 412 g/mol. The molecule has 1 amide bonds. The van der Waals surface area contributed by atoms with E-state index in [-0.39, 0.29) is 18.1 Å². The summed E-state index contributed by atoms with van der Waals surface area (Å²) in [7, 11) is 4.68. The lowest BCUT2D eigenvalue weighted by molar-refractivity contribution is 0.0935. The summed E-state index contributed by atoms with van der Waals surface area (Å²) in [5.41, 5.74) is 1.99. The van der Waals surface area contributed by atoms with Crippen molar-refractivity contribution in [3.8, 4) is 23.0 Å². The zero-order valence-electron chi connectivity index (χ0n) is 18.2. The molecule has 1 aromatic heterocycles. The van der Waals surface area contributed by atoms with Crippen LogP contribution in [-0.4, -0.2) is 38.3 Å². The van der Waals surface area contributed by atoms with Gasteiger partial charge in [-0.1, -0.05) is 12.1 Å². The largest absolute Gasteiger partial charge is 0.496 e. The van der Waals surface area contributed by atoms with Gasteiger partial charge in [0.15, 0.2) is 11.5 Å². The van der Waals surface area contributed by atoms with Crippen molar-refractivity contribution in [1.29, 1.82) is 0 Å². The molecule has 1 heterocycles. The molecule has 2 aromatic carbocycles. The Morgan fingerprint density at radius 3 is 2.33 bits per heavy atom. The number of aromatic amines is 1. The van der Waals surface area contributed by atoms with Crippen molar-refractivity contribution < 1.29 is 23.7 Å². The standard InChI is InChI=1S/C23H28N2O5/c1-13(2)30-16-9-7-8-15(10-16)14(3)24-23(26)18-11-17-19(27-4)12-20(28-5)22(29-6)21(17)25-18/h7-14,25H,1-6H3,(H,24,26). The van der Waals surface area contributed by atoms with Crippen molar-refractivity contribution in [2.45, 2.75) is 32.9 Å². The molecule has 0 aliphatic carbocycles. The van der Waals surface area contributed by atoms with Crippen molar-refractivity contribution in [2.24, 2.45) is 0 Å². The summed E-state index contributed by atoms with van der Waals surface area (Å²) < 4.78 is 22.1. The van der Waals surface area contributed by atoms with E-state index < -0.39 is 0 Å². The summed E-state index contributed by atoms with van der Waals surface area (Å²) in [6.07, 6.45) is 0.0819. The van der Waals surface area contributed by atoms with Crippen molar-refractivity contribution >= 4 is 16.8 Å². The quantitative estimate of drug-likeness (QED) is 0.570. The smallest absolute Gasteiger partial charge is 0.268 e. The lowest BCUT2D eigenvalue weighted by Gasteiger charge is -2.16. The molecule has 1 atom stereocenters. The van der Waals surface area contributed by atoms with E-state index in [2.05, 4.69) is 10.3 Å². The van der Waals surface area contributed by atoms with Gasteiger partial charge in [-0.15, -0.1) is 0 Å². The third kappa shape index (κ3) is 4.30. The molecule has 7 nitrogen and oxygen atoms in total. The molecule has 30 heavy (non-hydrogen) atoms. The third-order valence-corrected chi connectivity index (χ3v) is 4.76. The van der Waals surface area contributed by atoms with Gasteiger partial charge in [0, 0.05) is 11.5 Å². The van der Waals surface area contributed by atoms with Crippen LogP contribution in [0.25, 0.3) is 10.9 Å². The first-order chi connectivity index (χ1) is 14.4. The third-order valence-electron chi connectivity index (χ3n) is 4.76. The van der Waals surface area contributed by atoms with Crippen LogP contribution < -0.4 is 24.3 Å². The maximum absolute atomic E-state index is 12.9. The van der Waals surface area contributed by atoms with Gasteiger partial charge in [-0.25, -0.2) is 0 Å². The maximum Gasteiger partial charge on any atom is 0.268 e. The van der Waals surface area contributed by atoms with Gasteiger partial charge in [0.05, 0.1) is 39.0 Å². The van der Waals surface area contributed by atoms with Crippen LogP contribution in [-0.2, 0) is 0 Å². The predicted molar refractivity (Wildman–Crippen MR) is 116 cm³/mol. The van der Waals surface area contributed by atoms with Crippen LogP contribution in [0.4, 0.5) is 0 Å². The highest BCUT2D eigenvalue weighted by Crippen LogP contribution is 2.41. The number of nitrogens with one attached hydrogen (secondary N) is 2. The van der Waals surface area contributed by atoms with Crippen LogP contribution in [0, 0.1) is 0 Å². The molecule has 2 N–H and O–H groups in total. The molecule has 3 rings (SSSR count). The second kappa shape index (κ2) is 8.98. The van der Waals surface area contributed by atoms with Gasteiger partial charge >= 0.3 is 0 Å². The number of fused-ring (bicyclic) bond motifs is 1. The number of rotatable bonds is 8. The van der Waals surface area contributed by atoms with E-state index in [0.29, 0.717) is 28.5 Å². The number of aromatic nitrogens is 1. The van der Waals surface area contributed by atoms with Gasteiger partial charge in [0.1, 0.15) is 17.2 Å². The van der Waals surface area contributed by atoms with Crippen molar-refractivity contribution in [1.82, 2.24) is 10.3 Å². The highest BCUT2D eigenvalue weighted by molar-refractivity contribution is 6.02. The number of H-pyrrole nitrogens is 1. The first-order valence-corrected chi connectivity index (χ1v) is 9.77. The number of carbonyl (C=O) groups excluding carboxylic acids is 1. The minimum Gasteiger partial charge on any atom is -0.496 e. The summed E-state index contributed by atoms with van der Waals surface area (Å²) in [5, 5.41) is 3.76. The number of methoxy groups -OCH3 is 3. The van der Waals surface area contributed by atoms with E-state index in [0.717, 1.165) is 16.7 Å². The Hall–Kier alpha value is -3.35. The number of amides is 1. The molecule has 3 aromatic rings. The fourth-order valence-electron chi connectivity index (χ4n) is 3.35. The molecule has 0 fully saturated rings. The van der Waals surface area contributed by atoms with Crippen LogP contribution in [0.2, 0.25) is 0 Å². The highest BCUT2D eigenvalue weighted by Gasteiger charge is 2.20. The first kappa shape index (κ1) is 21.4. The molecular formula is C23H28N2O5. The van der Waals surface area contributed by atoms with E-state index >= 15 is 0 Å². The zero-order valence-corrected chi connectivity index (χ0v) is 18.2. The van der Waals surface area contributed by atoms with E-state index in [4.69, 9.17) is 18.9 Å². The number of benzene rings is 2. The van der Waals surface area contributed by atoms with Crippen molar-refractivity contribution in [2.75, 3.05) is 21.3 Å². The molecule has 7 heteroatoms. The Balaban J connectivity index is 1.88. The lowest BCUT2D eigenvalue weighted by atomic mass is 10.1. The van der Waals surface area contributed by atoms with E-state index in [9.17, 15) is 4.79 Å². The second-order valence-corrected chi connectivity index (χ2v) is 7.22. The number of hydrogen-bond donors (Lipinski definition) is 2. The van der Waals surface area contributed by atoms with Crippen LogP contribution in [0.15, 0.2) is 36.4 Å². The van der Waals surface area contributed by atoms with E-state index in [1.165, 1.54) is 0 Å². The molecule has 0 spiro atoms. The first-order valence-electron chi connectivity index (χ1n) is 9.77. The average molecular weight is 412 g/mol. The second-order valence-electron chi connectivity index (χ2n) is 7.22.